The summed E-state index contributed by atoms with van der Waals surface area (Å²) in [7, 11) is 0. The molecule has 8 heteroatoms. The number of rotatable bonds is 4. The molecule has 2 N–H and O–H groups in total. The van der Waals surface area contributed by atoms with Crippen LogP contribution in [0.25, 0.3) is 0 Å². The summed E-state index contributed by atoms with van der Waals surface area (Å²) in [5.41, 5.74) is -0.929. The summed E-state index contributed by atoms with van der Waals surface area (Å²) in [6, 6.07) is -1.50. The zero-order valence-corrected chi connectivity index (χ0v) is 14.9. The summed E-state index contributed by atoms with van der Waals surface area (Å²) >= 11 is 0. The smallest absolute Gasteiger partial charge is 0.326 e. The topological polar surface area (TPSA) is 107 Å². The van der Waals surface area contributed by atoms with Gasteiger partial charge in [-0.25, -0.2) is 9.59 Å². The average molecular weight is 363 g/mol. The summed E-state index contributed by atoms with van der Waals surface area (Å²) < 4.78 is 0. The van der Waals surface area contributed by atoms with Crippen molar-refractivity contribution in [1.82, 2.24) is 15.1 Å². The highest BCUT2D eigenvalue weighted by Crippen LogP contribution is 2.43. The predicted molar refractivity (Wildman–Crippen MR) is 90.0 cm³/mol. The van der Waals surface area contributed by atoms with Gasteiger partial charge in [0.2, 0.25) is 5.91 Å². The number of carboxylic acids is 1. The van der Waals surface area contributed by atoms with Crippen molar-refractivity contribution in [3.05, 3.63) is 0 Å². The summed E-state index contributed by atoms with van der Waals surface area (Å²) in [4.78, 5) is 52.0. The second-order valence-corrected chi connectivity index (χ2v) is 8.30. The number of hydrogen-bond acceptors (Lipinski definition) is 4. The molecule has 26 heavy (non-hydrogen) atoms. The molecule has 0 bridgehead atoms. The van der Waals surface area contributed by atoms with Crippen molar-refractivity contribution in [3.63, 3.8) is 0 Å². The van der Waals surface area contributed by atoms with Gasteiger partial charge in [0.05, 0.1) is 0 Å². The maximum Gasteiger partial charge on any atom is 0.326 e. The van der Waals surface area contributed by atoms with E-state index in [0.29, 0.717) is 6.42 Å². The lowest BCUT2D eigenvalue weighted by Crippen LogP contribution is -2.51. The third kappa shape index (κ3) is 2.57. The standard InChI is InChI=1S/C18H25N3O5/c1-18(11-6-7-11)16(25)20(17(26)19-18)9-14(22)21-12-5-3-2-4-10(12)8-13(21)15(23)24/h10-13H,2-9H2,1H3,(H,19,26)(H,23,24). The Morgan fingerprint density at radius 3 is 2.54 bits per heavy atom. The summed E-state index contributed by atoms with van der Waals surface area (Å²) in [5, 5.41) is 12.3. The largest absolute Gasteiger partial charge is 0.480 e. The van der Waals surface area contributed by atoms with Crippen molar-refractivity contribution in [2.75, 3.05) is 6.54 Å². The highest BCUT2D eigenvalue weighted by atomic mass is 16.4. The van der Waals surface area contributed by atoms with Gasteiger partial charge in [-0.15, -0.1) is 0 Å². The van der Waals surface area contributed by atoms with Crippen molar-refractivity contribution in [1.29, 1.82) is 0 Å². The van der Waals surface area contributed by atoms with Crippen LogP contribution in [0.5, 0.6) is 0 Å². The van der Waals surface area contributed by atoms with Crippen molar-refractivity contribution in [2.45, 2.75) is 69.5 Å². The minimum absolute atomic E-state index is 0.0899. The molecule has 4 aliphatic rings. The van der Waals surface area contributed by atoms with Crippen LogP contribution in [0.3, 0.4) is 0 Å². The van der Waals surface area contributed by atoms with Gasteiger partial charge in [-0.3, -0.25) is 14.5 Å². The minimum atomic E-state index is -1.01. The van der Waals surface area contributed by atoms with E-state index in [2.05, 4.69) is 5.32 Å². The number of nitrogens with zero attached hydrogens (tertiary/aromatic N) is 2. The van der Waals surface area contributed by atoms with Crippen molar-refractivity contribution in [3.8, 4) is 0 Å². The Morgan fingerprint density at radius 2 is 1.88 bits per heavy atom. The van der Waals surface area contributed by atoms with Gasteiger partial charge >= 0.3 is 12.0 Å². The molecule has 2 aliphatic heterocycles. The van der Waals surface area contributed by atoms with Gasteiger partial charge in [0.1, 0.15) is 18.1 Å². The molecule has 0 aromatic heterocycles. The Balaban J connectivity index is 1.52. The zero-order valence-electron chi connectivity index (χ0n) is 14.9. The summed E-state index contributed by atoms with van der Waals surface area (Å²) in [5.74, 6) is -1.48. The Labute approximate surface area is 151 Å². The number of carbonyl (C=O) groups is 4. The zero-order chi connectivity index (χ0) is 18.6. The van der Waals surface area contributed by atoms with Gasteiger partial charge in [0.15, 0.2) is 0 Å². The normalized spacial score (nSPS) is 36.9. The predicted octanol–water partition coefficient (Wildman–Crippen LogP) is 0.951. The number of hydrogen-bond donors (Lipinski definition) is 2. The number of carboxylic acid groups (broad SMARTS) is 1. The Morgan fingerprint density at radius 1 is 1.19 bits per heavy atom. The molecule has 2 heterocycles. The molecule has 4 atom stereocenters. The first kappa shape index (κ1) is 17.3. The number of imide groups is 1. The molecule has 2 saturated heterocycles. The van der Waals surface area contributed by atoms with Crippen LogP contribution in [0.1, 0.15) is 51.9 Å². The Bertz CT molecular complexity index is 676. The van der Waals surface area contributed by atoms with Crippen LogP contribution in [0.2, 0.25) is 0 Å². The number of amides is 4. The lowest BCUT2D eigenvalue weighted by atomic mass is 9.85. The van der Waals surface area contributed by atoms with Gasteiger partial charge in [0.25, 0.3) is 5.91 Å². The van der Waals surface area contributed by atoms with Gasteiger partial charge < -0.3 is 15.3 Å². The Kier molecular flexibility index (Phi) is 3.96. The molecule has 2 saturated carbocycles. The Hall–Kier alpha value is -2.12. The van der Waals surface area contributed by atoms with E-state index in [1.165, 1.54) is 4.90 Å². The van der Waals surface area contributed by atoms with E-state index in [0.717, 1.165) is 43.4 Å². The van der Waals surface area contributed by atoms with Crippen molar-refractivity contribution in [2.24, 2.45) is 11.8 Å². The molecule has 4 fully saturated rings. The first-order chi connectivity index (χ1) is 12.3. The molecule has 4 amide bonds. The molecule has 2 aliphatic carbocycles. The van der Waals surface area contributed by atoms with E-state index in [4.69, 9.17) is 0 Å². The van der Waals surface area contributed by atoms with Crippen LogP contribution >= 0.6 is 0 Å². The molecular weight excluding hydrogens is 338 g/mol. The monoisotopic (exact) mass is 363 g/mol. The molecule has 0 spiro atoms. The van der Waals surface area contributed by atoms with E-state index in [-0.39, 0.29) is 30.3 Å². The van der Waals surface area contributed by atoms with E-state index < -0.39 is 29.5 Å². The molecule has 0 aromatic carbocycles. The lowest BCUT2D eigenvalue weighted by Gasteiger charge is -2.33. The quantitative estimate of drug-likeness (QED) is 0.723. The second-order valence-electron chi connectivity index (χ2n) is 8.30. The van der Waals surface area contributed by atoms with E-state index >= 15 is 0 Å². The van der Waals surface area contributed by atoms with E-state index in [9.17, 15) is 24.3 Å². The van der Waals surface area contributed by atoms with E-state index in [1.54, 1.807) is 6.92 Å². The van der Waals surface area contributed by atoms with E-state index in [1.807, 2.05) is 0 Å². The van der Waals surface area contributed by atoms with Gasteiger partial charge in [-0.2, -0.15) is 0 Å². The van der Waals surface area contributed by atoms with Crippen LogP contribution in [0.4, 0.5) is 4.79 Å². The maximum absolute atomic E-state index is 12.9. The summed E-state index contributed by atoms with van der Waals surface area (Å²) in [6.07, 6.45) is 6.00. The van der Waals surface area contributed by atoms with Crippen LogP contribution in [-0.2, 0) is 14.4 Å². The van der Waals surface area contributed by atoms with Gasteiger partial charge in [-0.05, 0) is 50.9 Å². The number of carbonyl (C=O) groups excluding carboxylic acids is 3. The fourth-order valence-corrected chi connectivity index (χ4v) is 5.05. The number of urea groups is 1. The molecule has 4 unspecified atom stereocenters. The molecular formula is C18H25N3O5. The fourth-order valence-electron chi connectivity index (χ4n) is 5.05. The van der Waals surface area contributed by atoms with Crippen molar-refractivity contribution >= 4 is 23.8 Å². The second kappa shape index (κ2) is 5.96. The van der Waals surface area contributed by atoms with Gasteiger partial charge in [0, 0.05) is 6.04 Å². The molecule has 4 rings (SSSR count). The van der Waals surface area contributed by atoms with Crippen molar-refractivity contribution < 1.29 is 24.3 Å². The number of likely N-dealkylation sites (tertiary alicyclic amines) is 1. The lowest BCUT2D eigenvalue weighted by molar-refractivity contribution is -0.150. The fraction of sp³-hybridized carbons (Fsp3) is 0.778. The highest BCUT2D eigenvalue weighted by molar-refractivity contribution is 6.09. The first-order valence-corrected chi connectivity index (χ1v) is 9.51. The third-order valence-electron chi connectivity index (χ3n) is 6.65. The highest BCUT2D eigenvalue weighted by Gasteiger charge is 2.57. The maximum atomic E-state index is 12.9. The van der Waals surface area contributed by atoms with Crippen LogP contribution in [-0.4, -0.2) is 62.9 Å². The molecule has 8 nitrogen and oxygen atoms in total. The third-order valence-corrected chi connectivity index (χ3v) is 6.65. The number of aliphatic carboxylic acids is 1. The first-order valence-electron chi connectivity index (χ1n) is 9.51. The van der Waals surface area contributed by atoms with Crippen LogP contribution in [0, 0.1) is 11.8 Å². The summed E-state index contributed by atoms with van der Waals surface area (Å²) in [6.45, 7) is 1.34. The number of nitrogens with one attached hydrogen (secondary N) is 1. The van der Waals surface area contributed by atoms with Crippen LogP contribution < -0.4 is 5.32 Å². The average Bonchev–Trinajstić information content (AvgIpc) is 3.34. The molecule has 142 valence electrons. The SMILES string of the molecule is CC1(C2CC2)NC(=O)N(CC(=O)N2C(C(=O)O)CC3CCCCC32)C1=O. The molecule has 0 radical (unpaired) electrons. The number of fused-ring (bicyclic) bond motifs is 1. The minimum Gasteiger partial charge on any atom is -0.480 e. The molecule has 0 aromatic rings. The van der Waals surface area contributed by atoms with Crippen LogP contribution in [0.15, 0.2) is 0 Å². The van der Waals surface area contributed by atoms with Gasteiger partial charge in [-0.1, -0.05) is 12.8 Å².